The SMILES string of the molecule is CCNC(=NCC1CCCC(C)C1)N1CCC(COC)C1.I. The summed E-state index contributed by atoms with van der Waals surface area (Å²) in [7, 11) is 1.80. The van der Waals surface area contributed by atoms with E-state index >= 15 is 0 Å². The number of likely N-dealkylation sites (tertiary alicyclic amines) is 1. The van der Waals surface area contributed by atoms with Gasteiger partial charge in [0.15, 0.2) is 5.96 Å². The molecule has 22 heavy (non-hydrogen) atoms. The van der Waals surface area contributed by atoms with Crippen molar-refractivity contribution in [2.24, 2.45) is 22.7 Å². The van der Waals surface area contributed by atoms with Gasteiger partial charge in [0.05, 0.1) is 6.61 Å². The van der Waals surface area contributed by atoms with Crippen LogP contribution in [-0.2, 0) is 4.74 Å². The minimum absolute atomic E-state index is 0. The third-order valence-corrected chi connectivity index (χ3v) is 4.87. The maximum Gasteiger partial charge on any atom is 0.193 e. The number of ether oxygens (including phenoxy) is 1. The van der Waals surface area contributed by atoms with Crippen molar-refractivity contribution in [2.75, 3.05) is 39.9 Å². The summed E-state index contributed by atoms with van der Waals surface area (Å²) in [5.74, 6) is 3.46. The van der Waals surface area contributed by atoms with Crippen LogP contribution in [0.1, 0.15) is 46.0 Å². The Balaban J connectivity index is 0.00000242. The molecule has 130 valence electrons. The van der Waals surface area contributed by atoms with Gasteiger partial charge in [0, 0.05) is 39.2 Å². The Bertz CT molecular complexity index is 338. The zero-order valence-electron chi connectivity index (χ0n) is 14.5. The van der Waals surface area contributed by atoms with Crippen LogP contribution in [0, 0.1) is 17.8 Å². The molecule has 3 unspecified atom stereocenters. The number of rotatable bonds is 5. The summed E-state index contributed by atoms with van der Waals surface area (Å²) in [6.07, 6.45) is 6.73. The molecule has 0 spiro atoms. The van der Waals surface area contributed by atoms with Gasteiger partial charge in [-0.1, -0.05) is 19.8 Å². The average Bonchev–Trinajstić information content (AvgIpc) is 2.92. The highest BCUT2D eigenvalue weighted by Crippen LogP contribution is 2.28. The van der Waals surface area contributed by atoms with Crippen LogP contribution < -0.4 is 5.32 Å². The van der Waals surface area contributed by atoms with E-state index < -0.39 is 0 Å². The molecular weight excluding hydrogens is 389 g/mol. The molecule has 4 nitrogen and oxygen atoms in total. The van der Waals surface area contributed by atoms with Crippen molar-refractivity contribution < 1.29 is 4.74 Å². The number of hydrogen-bond acceptors (Lipinski definition) is 2. The van der Waals surface area contributed by atoms with Crippen LogP contribution in [0.15, 0.2) is 4.99 Å². The first-order valence-corrected chi connectivity index (χ1v) is 8.75. The molecular formula is C17H34IN3O. The normalized spacial score (nSPS) is 29.3. The second kappa shape index (κ2) is 10.7. The van der Waals surface area contributed by atoms with Crippen molar-refractivity contribution in [3.05, 3.63) is 0 Å². The third kappa shape index (κ3) is 6.22. The van der Waals surface area contributed by atoms with E-state index in [1.807, 2.05) is 0 Å². The van der Waals surface area contributed by atoms with Gasteiger partial charge in [0.1, 0.15) is 0 Å². The molecule has 0 amide bonds. The van der Waals surface area contributed by atoms with Gasteiger partial charge in [-0.15, -0.1) is 24.0 Å². The van der Waals surface area contributed by atoms with E-state index in [1.54, 1.807) is 7.11 Å². The third-order valence-electron chi connectivity index (χ3n) is 4.87. The minimum Gasteiger partial charge on any atom is -0.384 e. The topological polar surface area (TPSA) is 36.9 Å². The zero-order chi connectivity index (χ0) is 15.1. The van der Waals surface area contributed by atoms with Gasteiger partial charge in [0.25, 0.3) is 0 Å². The van der Waals surface area contributed by atoms with Crippen LogP contribution >= 0.6 is 24.0 Å². The van der Waals surface area contributed by atoms with E-state index in [1.165, 1.54) is 32.1 Å². The van der Waals surface area contributed by atoms with Crippen molar-refractivity contribution >= 4 is 29.9 Å². The van der Waals surface area contributed by atoms with E-state index in [4.69, 9.17) is 9.73 Å². The lowest BCUT2D eigenvalue weighted by atomic mass is 9.82. The summed E-state index contributed by atoms with van der Waals surface area (Å²) < 4.78 is 5.29. The molecule has 0 aromatic heterocycles. The van der Waals surface area contributed by atoms with E-state index in [0.717, 1.165) is 50.6 Å². The first-order valence-electron chi connectivity index (χ1n) is 8.75. The molecule has 0 bridgehead atoms. The lowest BCUT2D eigenvalue weighted by Crippen LogP contribution is -2.40. The van der Waals surface area contributed by atoms with Crippen molar-refractivity contribution in [2.45, 2.75) is 46.0 Å². The van der Waals surface area contributed by atoms with Crippen molar-refractivity contribution in [1.82, 2.24) is 10.2 Å². The summed E-state index contributed by atoms with van der Waals surface area (Å²) in [5.41, 5.74) is 0. The zero-order valence-corrected chi connectivity index (χ0v) is 16.8. The van der Waals surface area contributed by atoms with Crippen molar-refractivity contribution in [3.63, 3.8) is 0 Å². The molecule has 1 heterocycles. The van der Waals surface area contributed by atoms with Crippen molar-refractivity contribution in [3.8, 4) is 0 Å². The first-order chi connectivity index (χ1) is 10.2. The maximum atomic E-state index is 5.29. The van der Waals surface area contributed by atoms with Crippen LogP contribution in [0.4, 0.5) is 0 Å². The largest absolute Gasteiger partial charge is 0.384 e. The lowest BCUT2D eigenvalue weighted by Gasteiger charge is -2.27. The van der Waals surface area contributed by atoms with E-state index in [2.05, 4.69) is 24.1 Å². The van der Waals surface area contributed by atoms with Gasteiger partial charge < -0.3 is 15.0 Å². The number of nitrogens with zero attached hydrogens (tertiary/aromatic N) is 2. The lowest BCUT2D eigenvalue weighted by molar-refractivity contribution is 0.157. The fraction of sp³-hybridized carbons (Fsp3) is 0.941. The molecule has 2 aliphatic rings. The quantitative estimate of drug-likeness (QED) is 0.419. The van der Waals surface area contributed by atoms with Gasteiger partial charge in [-0.2, -0.15) is 0 Å². The van der Waals surface area contributed by atoms with Crippen LogP contribution in [0.5, 0.6) is 0 Å². The number of guanidine groups is 1. The molecule has 2 fully saturated rings. The van der Waals surface area contributed by atoms with Crippen LogP contribution in [0.2, 0.25) is 0 Å². The highest BCUT2D eigenvalue weighted by atomic mass is 127. The molecule has 1 aliphatic heterocycles. The minimum atomic E-state index is 0. The summed E-state index contributed by atoms with van der Waals surface area (Å²) in [5, 5.41) is 3.47. The van der Waals surface area contributed by atoms with Crippen molar-refractivity contribution in [1.29, 1.82) is 0 Å². The van der Waals surface area contributed by atoms with Gasteiger partial charge in [-0.25, -0.2) is 0 Å². The first kappa shape index (κ1) is 20.0. The molecule has 1 saturated heterocycles. The summed E-state index contributed by atoms with van der Waals surface area (Å²) >= 11 is 0. The fourth-order valence-corrected chi connectivity index (χ4v) is 3.76. The summed E-state index contributed by atoms with van der Waals surface area (Å²) in [4.78, 5) is 7.35. The van der Waals surface area contributed by atoms with Gasteiger partial charge in [-0.3, -0.25) is 4.99 Å². The highest BCUT2D eigenvalue weighted by molar-refractivity contribution is 14.0. The van der Waals surface area contributed by atoms with Gasteiger partial charge in [-0.05, 0) is 38.0 Å². The van der Waals surface area contributed by atoms with E-state index in [9.17, 15) is 0 Å². The maximum absolute atomic E-state index is 5.29. The molecule has 0 aromatic rings. The molecule has 1 saturated carbocycles. The van der Waals surface area contributed by atoms with Gasteiger partial charge >= 0.3 is 0 Å². The monoisotopic (exact) mass is 423 g/mol. The Morgan fingerprint density at radius 2 is 2.09 bits per heavy atom. The second-order valence-corrected chi connectivity index (χ2v) is 6.89. The molecule has 0 aromatic carbocycles. The Morgan fingerprint density at radius 3 is 2.77 bits per heavy atom. The number of nitrogens with one attached hydrogen (secondary N) is 1. The number of methoxy groups -OCH3 is 1. The molecule has 1 aliphatic carbocycles. The molecule has 0 radical (unpaired) electrons. The van der Waals surface area contributed by atoms with Crippen LogP contribution in [-0.4, -0.2) is 50.8 Å². The predicted molar refractivity (Wildman–Crippen MR) is 104 cm³/mol. The number of halogens is 1. The average molecular weight is 423 g/mol. The van der Waals surface area contributed by atoms with E-state index in [-0.39, 0.29) is 24.0 Å². The Kier molecular flexibility index (Phi) is 9.71. The smallest absolute Gasteiger partial charge is 0.193 e. The van der Waals surface area contributed by atoms with Crippen LogP contribution in [0.25, 0.3) is 0 Å². The second-order valence-electron chi connectivity index (χ2n) is 6.89. The van der Waals surface area contributed by atoms with E-state index in [0.29, 0.717) is 5.92 Å². The summed E-state index contributed by atoms with van der Waals surface area (Å²) in [6.45, 7) is 9.55. The molecule has 3 atom stereocenters. The molecule has 1 N–H and O–H groups in total. The highest BCUT2D eigenvalue weighted by Gasteiger charge is 2.25. The summed E-state index contributed by atoms with van der Waals surface area (Å²) in [6, 6.07) is 0. The Hall–Kier alpha value is -0.0400. The molecule has 2 rings (SSSR count). The predicted octanol–water partition coefficient (Wildman–Crippen LogP) is 3.36. The van der Waals surface area contributed by atoms with Crippen LogP contribution in [0.3, 0.4) is 0 Å². The standard InChI is InChI=1S/C17H33N3O.HI/c1-4-18-17(20-9-8-16(12-20)13-21-3)19-11-15-7-5-6-14(2)10-15;/h14-16H,4-13H2,1-3H3,(H,18,19);1H. The Morgan fingerprint density at radius 1 is 1.27 bits per heavy atom. The molecule has 5 heteroatoms. The fourth-order valence-electron chi connectivity index (χ4n) is 3.76. The Labute approximate surface area is 153 Å². The number of aliphatic imine (C=N–C) groups is 1. The number of hydrogen-bond donors (Lipinski definition) is 1. The van der Waals surface area contributed by atoms with Gasteiger partial charge in [0.2, 0.25) is 0 Å².